The summed E-state index contributed by atoms with van der Waals surface area (Å²) in [6.45, 7) is 0. The van der Waals surface area contributed by atoms with Gasteiger partial charge in [-0.1, -0.05) is 12.1 Å². The van der Waals surface area contributed by atoms with E-state index in [0.29, 0.717) is 0 Å². The van der Waals surface area contributed by atoms with E-state index >= 15 is 0 Å². The van der Waals surface area contributed by atoms with Crippen molar-refractivity contribution in [1.82, 2.24) is 0 Å². The molecule has 14 heavy (non-hydrogen) atoms. The van der Waals surface area contributed by atoms with Gasteiger partial charge in [-0.05, 0) is 34.6 Å². The first-order valence-electron chi connectivity index (χ1n) is 3.34. The first kappa shape index (κ1) is 12.3. The summed E-state index contributed by atoms with van der Waals surface area (Å²) in [5.74, 6) is 0.469. The van der Waals surface area contributed by atoms with Gasteiger partial charge in [0.25, 0.3) is 0 Å². The van der Waals surface area contributed by atoms with Crippen LogP contribution < -0.4 is 9.05 Å². The molecule has 1 aromatic rings. The smallest absolute Gasteiger partial charge is 0.335 e. The zero-order valence-electron chi connectivity index (χ0n) is 6.67. The highest BCUT2D eigenvalue weighted by atomic mass is 35.7. The van der Waals surface area contributed by atoms with E-state index in [1.165, 1.54) is 0 Å². The number of hydrogen-bond acceptors (Lipinski definition) is 4. The zero-order valence-corrected chi connectivity index (χ0v) is 9.97. The molecule has 0 saturated heterocycles. The van der Waals surface area contributed by atoms with Crippen LogP contribution in [-0.2, 0) is 0 Å². The number of halogens is 2. The maximum absolute atomic E-state index is 8.83. The minimum Gasteiger partial charge on any atom is -0.432 e. The molecule has 2 unspecified atom stereocenters. The minimum absolute atomic E-state index is 0.235. The molecular weight excluding hydrogens is 269 g/mol. The molecule has 78 valence electrons. The van der Waals surface area contributed by atoms with E-state index < -0.39 is 15.5 Å². The average molecular weight is 275 g/mol. The summed E-state index contributed by atoms with van der Waals surface area (Å²) >= 11 is 10.5. The van der Waals surface area contributed by atoms with E-state index in [1.807, 2.05) is 0 Å². The zero-order chi connectivity index (χ0) is 10.6. The molecule has 0 aliphatic carbocycles. The second-order valence-electron chi connectivity index (χ2n) is 2.08. The fourth-order valence-corrected chi connectivity index (χ4v) is 1.84. The van der Waals surface area contributed by atoms with E-state index in [1.54, 1.807) is 24.3 Å². The molecule has 2 atom stereocenters. The Kier molecular flexibility index (Phi) is 5.18. The lowest BCUT2D eigenvalue weighted by Gasteiger charge is -2.11. The number of hydrogen-bond donors (Lipinski definition) is 2. The van der Waals surface area contributed by atoms with Gasteiger partial charge in [0.2, 0.25) is 0 Å². The molecule has 0 aliphatic rings. The minimum atomic E-state index is -2.04. The lowest BCUT2D eigenvalue weighted by atomic mass is 10.3. The van der Waals surface area contributed by atoms with Crippen molar-refractivity contribution in [2.45, 2.75) is 0 Å². The van der Waals surface area contributed by atoms with Gasteiger partial charge in [-0.3, -0.25) is 0 Å². The molecule has 0 heterocycles. The quantitative estimate of drug-likeness (QED) is 0.827. The van der Waals surface area contributed by atoms with Crippen LogP contribution in [0.25, 0.3) is 0 Å². The van der Waals surface area contributed by atoms with Crippen molar-refractivity contribution in [3.8, 4) is 11.5 Å². The van der Waals surface area contributed by atoms with Crippen molar-refractivity contribution in [3.63, 3.8) is 0 Å². The highest BCUT2D eigenvalue weighted by Crippen LogP contribution is 2.46. The van der Waals surface area contributed by atoms with Crippen LogP contribution in [-0.4, -0.2) is 9.79 Å². The van der Waals surface area contributed by atoms with Gasteiger partial charge in [0.05, 0.1) is 0 Å². The Bertz CT molecular complexity index is 268. The molecule has 0 saturated carbocycles. The molecule has 4 nitrogen and oxygen atoms in total. The molecule has 2 N–H and O–H groups in total. The van der Waals surface area contributed by atoms with Gasteiger partial charge >= 0.3 is 15.5 Å². The second-order valence-corrected chi connectivity index (χ2v) is 5.09. The number of rotatable bonds is 4. The SMILES string of the molecule is OP(Cl)Oc1ccccc1OP(O)Cl. The summed E-state index contributed by atoms with van der Waals surface area (Å²) in [6.07, 6.45) is 0. The molecule has 0 aliphatic heterocycles. The lowest BCUT2D eigenvalue weighted by molar-refractivity contribution is 0.464. The topological polar surface area (TPSA) is 58.9 Å². The van der Waals surface area contributed by atoms with Crippen molar-refractivity contribution in [1.29, 1.82) is 0 Å². The van der Waals surface area contributed by atoms with Crippen LogP contribution in [0.3, 0.4) is 0 Å². The van der Waals surface area contributed by atoms with Crippen molar-refractivity contribution >= 4 is 37.9 Å². The van der Waals surface area contributed by atoms with Gasteiger partial charge in [-0.15, -0.1) is 0 Å². The molecule has 1 aromatic carbocycles. The van der Waals surface area contributed by atoms with Crippen molar-refractivity contribution in [3.05, 3.63) is 24.3 Å². The van der Waals surface area contributed by atoms with E-state index in [4.69, 9.17) is 41.3 Å². The second kappa shape index (κ2) is 5.92. The first-order valence-corrected chi connectivity index (χ1v) is 7.57. The van der Waals surface area contributed by atoms with E-state index in [9.17, 15) is 0 Å². The van der Waals surface area contributed by atoms with Crippen LogP contribution in [0.4, 0.5) is 0 Å². The molecule has 0 aromatic heterocycles. The summed E-state index contributed by atoms with van der Waals surface area (Å²) in [5, 5.41) is 0. The van der Waals surface area contributed by atoms with E-state index in [0.717, 1.165) is 0 Å². The Balaban J connectivity index is 2.80. The van der Waals surface area contributed by atoms with Crippen molar-refractivity contribution in [2.24, 2.45) is 0 Å². The molecule has 0 radical (unpaired) electrons. The van der Waals surface area contributed by atoms with Gasteiger partial charge in [0.15, 0.2) is 11.5 Å². The Hall–Kier alpha value is 0.180. The summed E-state index contributed by atoms with van der Waals surface area (Å²) in [7, 11) is -4.09. The third-order valence-corrected chi connectivity index (χ3v) is 2.31. The Morgan fingerprint density at radius 2 is 1.29 bits per heavy atom. The monoisotopic (exact) mass is 274 g/mol. The largest absolute Gasteiger partial charge is 0.432 e. The molecular formula is C6H6Cl2O4P2. The number of para-hydroxylation sites is 2. The Labute approximate surface area is 92.8 Å². The van der Waals surface area contributed by atoms with Gasteiger partial charge in [0.1, 0.15) is 0 Å². The van der Waals surface area contributed by atoms with Gasteiger partial charge in [0, 0.05) is 0 Å². The molecule has 8 heteroatoms. The summed E-state index contributed by atoms with van der Waals surface area (Å²) in [6, 6.07) is 6.43. The third kappa shape index (κ3) is 4.14. The summed E-state index contributed by atoms with van der Waals surface area (Å²) in [4.78, 5) is 17.7. The van der Waals surface area contributed by atoms with Crippen molar-refractivity contribution < 1.29 is 18.8 Å². The number of benzene rings is 1. The van der Waals surface area contributed by atoms with Crippen LogP contribution in [0.2, 0.25) is 0 Å². The third-order valence-electron chi connectivity index (χ3n) is 1.20. The van der Waals surface area contributed by atoms with Gasteiger partial charge < -0.3 is 18.8 Å². The molecule has 0 amide bonds. The predicted molar refractivity (Wildman–Crippen MR) is 57.7 cm³/mol. The van der Waals surface area contributed by atoms with E-state index in [2.05, 4.69) is 0 Å². The fourth-order valence-electron chi connectivity index (χ4n) is 0.763. The molecule has 0 spiro atoms. The predicted octanol–water partition coefficient (Wildman–Crippen LogP) is 3.36. The van der Waals surface area contributed by atoms with Gasteiger partial charge in [-0.25, -0.2) is 0 Å². The van der Waals surface area contributed by atoms with Crippen LogP contribution in [0.15, 0.2) is 24.3 Å². The van der Waals surface area contributed by atoms with Crippen LogP contribution in [0, 0.1) is 0 Å². The van der Waals surface area contributed by atoms with Crippen LogP contribution >= 0.6 is 37.9 Å². The summed E-state index contributed by atoms with van der Waals surface area (Å²) in [5.41, 5.74) is 0. The normalized spacial score (nSPS) is 14.6. The summed E-state index contributed by atoms with van der Waals surface area (Å²) < 4.78 is 9.70. The fraction of sp³-hybridized carbons (Fsp3) is 0. The van der Waals surface area contributed by atoms with Crippen molar-refractivity contribution in [2.75, 3.05) is 0 Å². The maximum Gasteiger partial charge on any atom is 0.335 e. The van der Waals surface area contributed by atoms with Crippen LogP contribution in [0.5, 0.6) is 11.5 Å². The van der Waals surface area contributed by atoms with Crippen LogP contribution in [0.1, 0.15) is 0 Å². The lowest BCUT2D eigenvalue weighted by Crippen LogP contribution is -1.87. The molecule has 0 fully saturated rings. The van der Waals surface area contributed by atoms with E-state index in [-0.39, 0.29) is 11.5 Å². The first-order chi connectivity index (χ1) is 6.59. The Morgan fingerprint density at radius 1 is 0.929 bits per heavy atom. The highest BCUT2D eigenvalue weighted by molar-refractivity contribution is 7.75. The maximum atomic E-state index is 8.83. The standard InChI is InChI=1S/C6H6Cl2O4P2/c7-13(9)11-5-3-1-2-4-6(5)12-14(8)10/h1-4,9-10H. The van der Waals surface area contributed by atoms with Gasteiger partial charge in [-0.2, -0.15) is 0 Å². The average Bonchev–Trinajstić information content (AvgIpc) is 2.06. The highest BCUT2D eigenvalue weighted by Gasteiger charge is 2.11. The molecule has 1 rings (SSSR count). The molecule has 0 bridgehead atoms. The Morgan fingerprint density at radius 3 is 1.57 bits per heavy atom.